The van der Waals surface area contributed by atoms with Gasteiger partial charge < -0.3 is 11.1 Å². The summed E-state index contributed by atoms with van der Waals surface area (Å²) in [5, 5.41) is 2.81. The highest BCUT2D eigenvalue weighted by molar-refractivity contribution is 5.95. The number of para-hydroxylation sites is 2. The number of amides is 1. The third-order valence-corrected chi connectivity index (χ3v) is 2.33. The van der Waals surface area contributed by atoms with E-state index in [-0.39, 0.29) is 5.91 Å². The molecule has 0 unspecified atom stereocenters. The molecule has 0 saturated carbocycles. The summed E-state index contributed by atoms with van der Waals surface area (Å²) in [5.74, 6) is 0.514. The second-order valence-electron chi connectivity index (χ2n) is 4.73. The molecule has 0 aliphatic carbocycles. The number of nitrogens with two attached hydrogens (primary N) is 1. The Morgan fingerprint density at radius 1 is 1.41 bits per heavy atom. The first kappa shape index (κ1) is 13.5. The first-order valence-electron chi connectivity index (χ1n) is 5.82. The van der Waals surface area contributed by atoms with Crippen molar-refractivity contribution in [2.75, 3.05) is 31.2 Å². The Kier molecular flexibility index (Phi) is 4.97. The number of hydrogen-bond donors (Lipinski definition) is 2. The smallest absolute Gasteiger partial charge is 0.238 e. The molecule has 1 aromatic carbocycles. The third kappa shape index (κ3) is 4.87. The molecule has 0 saturated heterocycles. The Morgan fingerprint density at radius 2 is 2.06 bits per heavy atom. The van der Waals surface area contributed by atoms with Gasteiger partial charge in [-0.15, -0.1) is 0 Å². The van der Waals surface area contributed by atoms with Gasteiger partial charge in [-0.25, -0.2) is 0 Å². The lowest BCUT2D eigenvalue weighted by Crippen LogP contribution is -2.32. The molecule has 94 valence electrons. The van der Waals surface area contributed by atoms with Gasteiger partial charge >= 0.3 is 0 Å². The van der Waals surface area contributed by atoms with Gasteiger partial charge in [0.1, 0.15) is 0 Å². The topological polar surface area (TPSA) is 58.4 Å². The van der Waals surface area contributed by atoms with Gasteiger partial charge in [0, 0.05) is 6.54 Å². The van der Waals surface area contributed by atoms with Crippen LogP contribution in [-0.4, -0.2) is 30.9 Å². The van der Waals surface area contributed by atoms with Crippen molar-refractivity contribution in [1.82, 2.24) is 4.90 Å². The minimum Gasteiger partial charge on any atom is -0.397 e. The largest absolute Gasteiger partial charge is 0.397 e. The van der Waals surface area contributed by atoms with Crippen LogP contribution in [-0.2, 0) is 4.79 Å². The molecule has 0 atom stereocenters. The summed E-state index contributed by atoms with van der Waals surface area (Å²) in [7, 11) is 1.94. The standard InChI is InChI=1S/C13H21N3O/c1-10(2)8-16(3)9-13(17)15-12-7-5-4-6-11(12)14/h4-7,10H,8-9,14H2,1-3H3,(H,15,17). The summed E-state index contributed by atoms with van der Waals surface area (Å²) in [4.78, 5) is 13.7. The number of nitrogen functional groups attached to an aromatic ring is 1. The van der Waals surface area contributed by atoms with Crippen LogP contribution in [0.5, 0.6) is 0 Å². The Morgan fingerprint density at radius 3 is 2.65 bits per heavy atom. The van der Waals surface area contributed by atoms with Crippen LogP contribution in [0.25, 0.3) is 0 Å². The average molecular weight is 235 g/mol. The van der Waals surface area contributed by atoms with Gasteiger partial charge in [0.2, 0.25) is 5.91 Å². The summed E-state index contributed by atoms with van der Waals surface area (Å²) < 4.78 is 0. The Labute approximate surface area is 103 Å². The molecule has 1 amide bonds. The van der Waals surface area contributed by atoms with E-state index < -0.39 is 0 Å². The fourth-order valence-electron chi connectivity index (χ4n) is 1.73. The number of benzene rings is 1. The molecule has 1 rings (SSSR count). The predicted molar refractivity (Wildman–Crippen MR) is 71.8 cm³/mol. The maximum Gasteiger partial charge on any atom is 0.238 e. The molecule has 0 bridgehead atoms. The van der Waals surface area contributed by atoms with Crippen molar-refractivity contribution in [3.8, 4) is 0 Å². The third-order valence-electron chi connectivity index (χ3n) is 2.33. The maximum atomic E-state index is 11.7. The van der Waals surface area contributed by atoms with E-state index in [2.05, 4.69) is 19.2 Å². The van der Waals surface area contributed by atoms with Gasteiger partial charge in [0.25, 0.3) is 0 Å². The normalized spacial score (nSPS) is 10.9. The van der Waals surface area contributed by atoms with Crippen molar-refractivity contribution < 1.29 is 4.79 Å². The molecule has 4 nitrogen and oxygen atoms in total. The lowest BCUT2D eigenvalue weighted by molar-refractivity contribution is -0.117. The SMILES string of the molecule is CC(C)CN(C)CC(=O)Nc1ccccc1N. The fraction of sp³-hybridized carbons (Fsp3) is 0.462. The molecule has 1 aromatic rings. The monoisotopic (exact) mass is 235 g/mol. The second-order valence-corrected chi connectivity index (χ2v) is 4.73. The highest BCUT2D eigenvalue weighted by Gasteiger charge is 2.09. The number of anilines is 2. The molecule has 17 heavy (non-hydrogen) atoms. The molecular formula is C13H21N3O. The van der Waals surface area contributed by atoms with E-state index in [1.165, 1.54) is 0 Å². The van der Waals surface area contributed by atoms with Gasteiger partial charge in [-0.2, -0.15) is 0 Å². The van der Waals surface area contributed by atoms with E-state index in [0.717, 1.165) is 6.54 Å². The number of nitrogens with one attached hydrogen (secondary N) is 1. The van der Waals surface area contributed by atoms with Crippen molar-refractivity contribution in [3.05, 3.63) is 24.3 Å². The maximum absolute atomic E-state index is 11.7. The van der Waals surface area contributed by atoms with Crippen LogP contribution in [0.1, 0.15) is 13.8 Å². The Hall–Kier alpha value is -1.55. The molecular weight excluding hydrogens is 214 g/mol. The van der Waals surface area contributed by atoms with E-state index in [1.807, 2.05) is 24.1 Å². The summed E-state index contributed by atoms with van der Waals surface area (Å²) in [6, 6.07) is 7.27. The predicted octanol–water partition coefficient (Wildman–Crippen LogP) is 1.80. The zero-order chi connectivity index (χ0) is 12.8. The van der Waals surface area contributed by atoms with E-state index in [0.29, 0.717) is 23.8 Å². The van der Waals surface area contributed by atoms with Crippen LogP contribution in [0, 0.1) is 5.92 Å². The van der Waals surface area contributed by atoms with Gasteiger partial charge in [-0.3, -0.25) is 9.69 Å². The van der Waals surface area contributed by atoms with Gasteiger partial charge in [-0.1, -0.05) is 26.0 Å². The number of carbonyl (C=O) groups excluding carboxylic acids is 1. The van der Waals surface area contributed by atoms with Gasteiger partial charge in [0.15, 0.2) is 0 Å². The van der Waals surface area contributed by atoms with Crippen LogP contribution in [0.2, 0.25) is 0 Å². The van der Waals surface area contributed by atoms with E-state index >= 15 is 0 Å². The molecule has 4 heteroatoms. The molecule has 0 fully saturated rings. The second kappa shape index (κ2) is 6.25. The summed E-state index contributed by atoms with van der Waals surface area (Å²) in [6.07, 6.45) is 0. The fourth-order valence-corrected chi connectivity index (χ4v) is 1.73. The van der Waals surface area contributed by atoms with E-state index in [1.54, 1.807) is 12.1 Å². The van der Waals surface area contributed by atoms with Crippen LogP contribution in [0.4, 0.5) is 11.4 Å². The number of rotatable bonds is 5. The van der Waals surface area contributed by atoms with E-state index in [9.17, 15) is 4.79 Å². The van der Waals surface area contributed by atoms with Crippen LogP contribution >= 0.6 is 0 Å². The summed E-state index contributed by atoms with van der Waals surface area (Å²) in [5.41, 5.74) is 7.02. The lowest BCUT2D eigenvalue weighted by atomic mass is 10.2. The van der Waals surface area contributed by atoms with Gasteiger partial charge in [-0.05, 0) is 25.1 Å². The molecule has 0 spiro atoms. The Bertz CT molecular complexity index is 377. The van der Waals surface area contributed by atoms with E-state index in [4.69, 9.17) is 5.73 Å². The zero-order valence-corrected chi connectivity index (χ0v) is 10.7. The zero-order valence-electron chi connectivity index (χ0n) is 10.7. The van der Waals surface area contributed by atoms with Crippen molar-refractivity contribution in [1.29, 1.82) is 0 Å². The quantitative estimate of drug-likeness (QED) is 0.765. The highest BCUT2D eigenvalue weighted by atomic mass is 16.2. The summed E-state index contributed by atoms with van der Waals surface area (Å²) in [6.45, 7) is 5.54. The number of hydrogen-bond acceptors (Lipinski definition) is 3. The molecule has 0 heterocycles. The van der Waals surface area contributed by atoms with Crippen molar-refractivity contribution in [2.24, 2.45) is 5.92 Å². The minimum absolute atomic E-state index is 0.0361. The lowest BCUT2D eigenvalue weighted by Gasteiger charge is -2.18. The van der Waals surface area contributed by atoms with Gasteiger partial charge in [0.05, 0.1) is 17.9 Å². The summed E-state index contributed by atoms with van der Waals surface area (Å²) >= 11 is 0. The number of nitrogens with zero attached hydrogens (tertiary/aromatic N) is 1. The molecule has 0 aliphatic rings. The van der Waals surface area contributed by atoms with Crippen LogP contribution in [0.3, 0.4) is 0 Å². The van der Waals surface area contributed by atoms with Crippen molar-refractivity contribution >= 4 is 17.3 Å². The number of carbonyl (C=O) groups is 1. The van der Waals surface area contributed by atoms with Crippen molar-refractivity contribution in [2.45, 2.75) is 13.8 Å². The molecule has 3 N–H and O–H groups in total. The van der Waals surface area contributed by atoms with Crippen LogP contribution in [0.15, 0.2) is 24.3 Å². The average Bonchev–Trinajstić information content (AvgIpc) is 2.19. The minimum atomic E-state index is -0.0361. The van der Waals surface area contributed by atoms with Crippen LogP contribution < -0.4 is 11.1 Å². The highest BCUT2D eigenvalue weighted by Crippen LogP contribution is 2.16. The number of likely N-dealkylation sites (N-methyl/N-ethyl adjacent to an activating group) is 1. The molecule has 0 aliphatic heterocycles. The first-order valence-corrected chi connectivity index (χ1v) is 5.82. The first-order chi connectivity index (χ1) is 7.99. The molecule has 0 aromatic heterocycles. The van der Waals surface area contributed by atoms with Crippen molar-refractivity contribution in [3.63, 3.8) is 0 Å². The Balaban J connectivity index is 2.47. The molecule has 0 radical (unpaired) electrons.